The molecule has 0 N–H and O–H groups in total. The summed E-state index contributed by atoms with van der Waals surface area (Å²) in [6.07, 6.45) is 17.5. The van der Waals surface area contributed by atoms with Crippen LogP contribution in [0, 0.1) is 35.5 Å². The molecule has 56 heavy (non-hydrogen) atoms. The maximum absolute atomic E-state index is 2.58. The maximum Gasteiger partial charge on any atom is 0.0571 e. The average Bonchev–Trinajstić information content (AvgIpc) is 3.61. The molecule has 15 rings (SSSR count). The highest BCUT2D eigenvalue weighted by Gasteiger charge is 2.53. The van der Waals surface area contributed by atoms with E-state index in [1.54, 1.807) is 11.1 Å². The maximum atomic E-state index is 2.58. The lowest BCUT2D eigenvalue weighted by Crippen LogP contribution is -2.48. The van der Waals surface area contributed by atoms with Crippen molar-refractivity contribution < 1.29 is 0 Å². The molecular formula is C54H56N2. The molecule has 0 amide bonds. The molecule has 9 aliphatic carbocycles. The van der Waals surface area contributed by atoms with Crippen LogP contribution >= 0.6 is 0 Å². The summed E-state index contributed by atoms with van der Waals surface area (Å²) in [7, 11) is 2.26. The van der Waals surface area contributed by atoms with Gasteiger partial charge in [0.2, 0.25) is 0 Å². The number of hydrogen-bond acceptors (Lipinski definition) is 1. The van der Waals surface area contributed by atoms with Crippen molar-refractivity contribution >= 4 is 38.9 Å². The molecule has 8 bridgehead atoms. The molecule has 0 aliphatic heterocycles. The van der Waals surface area contributed by atoms with Gasteiger partial charge in [-0.1, -0.05) is 74.5 Å². The van der Waals surface area contributed by atoms with Crippen LogP contribution < -0.4 is 4.90 Å². The number of rotatable bonds is 5. The second-order valence-electron chi connectivity index (χ2n) is 21.1. The van der Waals surface area contributed by atoms with E-state index in [4.69, 9.17) is 0 Å². The number of hydrogen-bond donors (Lipinski definition) is 0. The highest BCUT2D eigenvalue weighted by atomic mass is 15.1. The summed E-state index contributed by atoms with van der Waals surface area (Å²) in [5, 5.41) is 2.70. The number of nitrogens with zero attached hydrogens (tertiary/aromatic N) is 2. The second kappa shape index (κ2) is 11.2. The minimum atomic E-state index is -0.109. The predicted octanol–water partition coefficient (Wildman–Crippen LogP) is 14.0. The highest BCUT2D eigenvalue weighted by molar-refractivity contribution is 6.14. The lowest BCUT2D eigenvalue weighted by molar-refractivity contribution is -0.00529. The van der Waals surface area contributed by atoms with Crippen molar-refractivity contribution in [2.24, 2.45) is 42.6 Å². The van der Waals surface area contributed by atoms with Gasteiger partial charge in [-0.2, -0.15) is 0 Å². The zero-order chi connectivity index (χ0) is 37.1. The summed E-state index contributed by atoms with van der Waals surface area (Å²) in [5.74, 6) is 5.74. The van der Waals surface area contributed by atoms with Gasteiger partial charge in [0, 0.05) is 51.4 Å². The van der Waals surface area contributed by atoms with Gasteiger partial charge in [0.15, 0.2) is 0 Å². The molecule has 282 valence electrons. The van der Waals surface area contributed by atoms with E-state index in [1.165, 1.54) is 138 Å². The second-order valence-corrected chi connectivity index (χ2v) is 21.1. The summed E-state index contributed by atoms with van der Waals surface area (Å²) >= 11 is 0. The monoisotopic (exact) mass is 732 g/mol. The Morgan fingerprint density at radius 3 is 1.50 bits per heavy atom. The Labute approximate surface area is 333 Å². The van der Waals surface area contributed by atoms with Gasteiger partial charge < -0.3 is 9.47 Å². The summed E-state index contributed by atoms with van der Waals surface area (Å²) in [6, 6.07) is 41.2. The molecule has 9 aliphatic rings. The van der Waals surface area contributed by atoms with Crippen molar-refractivity contribution in [3.8, 4) is 11.1 Å². The van der Waals surface area contributed by atoms with Gasteiger partial charge >= 0.3 is 0 Å². The molecule has 2 nitrogen and oxygen atoms in total. The van der Waals surface area contributed by atoms with Crippen LogP contribution in [0.25, 0.3) is 32.9 Å². The Hall–Kier alpha value is -4.30. The fraction of sp³-hybridized carbons (Fsp3) is 0.444. The Balaban J connectivity index is 0.932. The Morgan fingerprint density at radius 2 is 0.982 bits per heavy atom. The van der Waals surface area contributed by atoms with E-state index in [9.17, 15) is 0 Å². The van der Waals surface area contributed by atoms with Gasteiger partial charge in [-0.15, -0.1) is 0 Å². The van der Waals surface area contributed by atoms with Crippen molar-refractivity contribution in [3.05, 3.63) is 125 Å². The number of anilines is 3. The van der Waals surface area contributed by atoms with Crippen molar-refractivity contribution in [2.45, 2.75) is 107 Å². The molecule has 5 aromatic carbocycles. The van der Waals surface area contributed by atoms with E-state index in [-0.39, 0.29) is 5.41 Å². The molecule has 0 spiro atoms. The van der Waals surface area contributed by atoms with Gasteiger partial charge in [0.25, 0.3) is 0 Å². The standard InChI is InChI=1S/C54H56N2/c1-52(2)47-19-18-45-44-6-4-5-7-49(44)55(3)51(45)50(47)46-17-16-43(26-48(46)52)56(41-12-8-39(9-13-41)53-27-33-20-34(28-53)22-35(21-33)29-53)42-14-10-40(11-15-42)54-30-36-23-37(31-54)25-38(24-36)32-54/h4-19,26,33-38H,20-25,27-32H2,1-3H3. The molecule has 0 unspecified atom stereocenters. The Kier molecular flexibility index (Phi) is 6.56. The SMILES string of the molecule is Cn1c2ccccc2c2ccc3c(c21)-c1ccc(N(c2ccc(C45CC6CC(CC(C6)C4)C5)cc2)c2ccc(C45CC6CC(CC(C6)C4)C5)cc2)cc1C3(C)C. The van der Waals surface area contributed by atoms with Crippen LogP contribution in [0.15, 0.2) is 103 Å². The molecule has 0 saturated heterocycles. The van der Waals surface area contributed by atoms with E-state index in [0.29, 0.717) is 10.8 Å². The molecule has 1 heterocycles. The molecular weight excluding hydrogens is 677 g/mol. The van der Waals surface area contributed by atoms with Crippen LogP contribution in [0.2, 0.25) is 0 Å². The van der Waals surface area contributed by atoms with Gasteiger partial charge in [-0.3, -0.25) is 0 Å². The van der Waals surface area contributed by atoms with Crippen molar-refractivity contribution in [1.82, 2.24) is 4.57 Å². The van der Waals surface area contributed by atoms with Crippen molar-refractivity contribution in [3.63, 3.8) is 0 Å². The molecule has 2 heteroatoms. The third-order valence-electron chi connectivity index (χ3n) is 17.5. The molecule has 1 aromatic heterocycles. The number of aromatic nitrogens is 1. The predicted molar refractivity (Wildman–Crippen MR) is 232 cm³/mol. The minimum Gasteiger partial charge on any atom is -0.343 e. The van der Waals surface area contributed by atoms with Crippen LogP contribution in [0.1, 0.15) is 113 Å². The summed E-state index contributed by atoms with van der Waals surface area (Å²) < 4.78 is 2.44. The largest absolute Gasteiger partial charge is 0.343 e. The fourth-order valence-electron chi connectivity index (χ4n) is 15.9. The van der Waals surface area contributed by atoms with Crippen molar-refractivity contribution in [1.29, 1.82) is 0 Å². The van der Waals surface area contributed by atoms with Gasteiger partial charge in [0.05, 0.1) is 5.52 Å². The summed E-state index contributed by atoms with van der Waals surface area (Å²) in [4.78, 5) is 2.58. The first kappa shape index (κ1) is 32.8. The van der Waals surface area contributed by atoms with E-state index in [2.05, 4.69) is 133 Å². The molecule has 8 saturated carbocycles. The van der Waals surface area contributed by atoms with Gasteiger partial charge in [-0.05, 0) is 194 Å². The van der Waals surface area contributed by atoms with Crippen LogP contribution in [-0.4, -0.2) is 4.57 Å². The fourth-order valence-corrected chi connectivity index (χ4v) is 15.9. The number of para-hydroxylation sites is 1. The minimum absolute atomic E-state index is 0.109. The first-order valence-corrected chi connectivity index (χ1v) is 22.4. The van der Waals surface area contributed by atoms with Crippen LogP contribution in [0.4, 0.5) is 17.1 Å². The lowest BCUT2D eigenvalue weighted by Gasteiger charge is -2.57. The van der Waals surface area contributed by atoms with E-state index in [0.717, 1.165) is 35.5 Å². The average molecular weight is 733 g/mol. The highest BCUT2D eigenvalue weighted by Crippen LogP contribution is 2.62. The topological polar surface area (TPSA) is 8.17 Å². The first-order valence-electron chi connectivity index (χ1n) is 22.4. The van der Waals surface area contributed by atoms with Gasteiger partial charge in [-0.25, -0.2) is 0 Å². The molecule has 8 fully saturated rings. The summed E-state index contributed by atoms with van der Waals surface area (Å²) in [5.41, 5.74) is 16.1. The van der Waals surface area contributed by atoms with Crippen LogP contribution in [0.5, 0.6) is 0 Å². The van der Waals surface area contributed by atoms with Crippen molar-refractivity contribution in [2.75, 3.05) is 4.90 Å². The molecule has 0 atom stereocenters. The van der Waals surface area contributed by atoms with E-state index in [1.807, 2.05) is 0 Å². The quantitative estimate of drug-likeness (QED) is 0.171. The first-order chi connectivity index (χ1) is 27.2. The molecule has 6 aromatic rings. The van der Waals surface area contributed by atoms with E-state index < -0.39 is 0 Å². The third kappa shape index (κ3) is 4.45. The van der Waals surface area contributed by atoms with Crippen LogP contribution in [-0.2, 0) is 23.3 Å². The van der Waals surface area contributed by atoms with Gasteiger partial charge in [0.1, 0.15) is 0 Å². The zero-order valence-corrected chi connectivity index (χ0v) is 33.7. The number of aryl methyl sites for hydroxylation is 1. The number of benzene rings is 5. The van der Waals surface area contributed by atoms with Crippen LogP contribution in [0.3, 0.4) is 0 Å². The normalized spacial score (nSPS) is 32.7. The zero-order valence-electron chi connectivity index (χ0n) is 33.7. The van der Waals surface area contributed by atoms with E-state index >= 15 is 0 Å². The smallest absolute Gasteiger partial charge is 0.0571 e. The third-order valence-corrected chi connectivity index (χ3v) is 17.5. The number of fused-ring (bicyclic) bond motifs is 7. The Bertz CT molecular complexity index is 2420. The summed E-state index contributed by atoms with van der Waals surface area (Å²) in [6.45, 7) is 4.89. The molecule has 0 radical (unpaired) electrons. The lowest BCUT2D eigenvalue weighted by atomic mass is 9.48. The Morgan fingerprint density at radius 1 is 0.500 bits per heavy atom.